The van der Waals surface area contributed by atoms with E-state index in [2.05, 4.69) is 10.4 Å². The Labute approximate surface area is 183 Å². The van der Waals surface area contributed by atoms with Crippen molar-refractivity contribution in [3.8, 4) is 0 Å². The van der Waals surface area contributed by atoms with Gasteiger partial charge in [0.15, 0.2) is 5.69 Å². The molecule has 0 saturated carbocycles. The van der Waals surface area contributed by atoms with Crippen LogP contribution in [0, 0.1) is 0 Å². The van der Waals surface area contributed by atoms with E-state index >= 15 is 0 Å². The van der Waals surface area contributed by atoms with E-state index in [0.717, 1.165) is 28.1 Å². The van der Waals surface area contributed by atoms with E-state index in [1.807, 2.05) is 43.3 Å². The lowest BCUT2D eigenvalue weighted by Gasteiger charge is -2.30. The van der Waals surface area contributed by atoms with E-state index < -0.39 is 17.9 Å². The van der Waals surface area contributed by atoms with Gasteiger partial charge in [0.1, 0.15) is 6.54 Å². The van der Waals surface area contributed by atoms with Crippen LogP contribution < -0.4 is 5.32 Å². The second kappa shape index (κ2) is 9.67. The van der Waals surface area contributed by atoms with Crippen molar-refractivity contribution in [2.45, 2.75) is 39.2 Å². The molecule has 0 aliphatic carbocycles. The first-order valence-corrected chi connectivity index (χ1v) is 9.95. The second-order valence-corrected chi connectivity index (χ2v) is 7.39. The van der Waals surface area contributed by atoms with Crippen LogP contribution in [0.4, 0.5) is 18.9 Å². The van der Waals surface area contributed by atoms with Gasteiger partial charge >= 0.3 is 6.18 Å². The summed E-state index contributed by atoms with van der Waals surface area (Å²) < 4.78 is 39.6. The summed E-state index contributed by atoms with van der Waals surface area (Å²) in [6, 6.07) is 16.8. The zero-order chi connectivity index (χ0) is 23.3. The number of rotatable bonds is 7. The molecule has 3 aromatic rings. The molecule has 1 unspecified atom stereocenters. The summed E-state index contributed by atoms with van der Waals surface area (Å²) in [6.45, 7) is 3.16. The van der Waals surface area contributed by atoms with Gasteiger partial charge in [-0.2, -0.15) is 18.3 Å². The molecule has 0 bridgehead atoms. The number of hydrogen-bond acceptors (Lipinski definition) is 3. The molecule has 2 aromatic carbocycles. The molecule has 168 valence electrons. The molecule has 9 heteroatoms. The van der Waals surface area contributed by atoms with Crippen molar-refractivity contribution in [1.29, 1.82) is 0 Å². The Kier molecular flexibility index (Phi) is 6.97. The van der Waals surface area contributed by atoms with Crippen LogP contribution in [-0.2, 0) is 28.9 Å². The monoisotopic (exact) mass is 444 g/mol. The second-order valence-electron chi connectivity index (χ2n) is 7.39. The molecule has 0 aliphatic rings. The minimum atomic E-state index is -4.57. The number of carbonyl (C=O) groups excluding carboxylic acids is 2. The van der Waals surface area contributed by atoms with Gasteiger partial charge in [-0.3, -0.25) is 14.3 Å². The summed E-state index contributed by atoms with van der Waals surface area (Å²) in [6.07, 6.45) is -3.43. The Morgan fingerprint density at radius 2 is 1.81 bits per heavy atom. The molecule has 32 heavy (non-hydrogen) atoms. The summed E-state index contributed by atoms with van der Waals surface area (Å²) in [5.41, 5.74) is 1.20. The van der Waals surface area contributed by atoms with E-state index in [0.29, 0.717) is 5.69 Å². The van der Waals surface area contributed by atoms with E-state index in [1.165, 1.54) is 6.92 Å². The predicted octanol–water partition coefficient (Wildman–Crippen LogP) is 4.65. The molecular formula is C23H23F3N4O2. The fourth-order valence-electron chi connectivity index (χ4n) is 3.31. The highest BCUT2D eigenvalue weighted by molar-refractivity contribution is 5.88. The number of aromatic nitrogens is 2. The van der Waals surface area contributed by atoms with Crippen LogP contribution in [0.25, 0.3) is 0 Å². The molecule has 0 radical (unpaired) electrons. The number of nitrogens with one attached hydrogen (secondary N) is 1. The van der Waals surface area contributed by atoms with Crippen molar-refractivity contribution in [1.82, 2.24) is 14.7 Å². The number of nitrogens with zero attached hydrogens (tertiary/aromatic N) is 3. The topological polar surface area (TPSA) is 67.2 Å². The average molecular weight is 444 g/mol. The molecule has 6 nitrogen and oxygen atoms in total. The van der Waals surface area contributed by atoms with Gasteiger partial charge in [0.25, 0.3) is 0 Å². The van der Waals surface area contributed by atoms with E-state index in [9.17, 15) is 22.8 Å². The molecule has 0 saturated heterocycles. The van der Waals surface area contributed by atoms with Crippen LogP contribution in [0.15, 0.2) is 66.9 Å². The average Bonchev–Trinajstić information content (AvgIpc) is 3.21. The molecule has 0 spiro atoms. The number of alkyl halides is 3. The summed E-state index contributed by atoms with van der Waals surface area (Å²) in [5.74, 6) is -0.603. The molecule has 1 heterocycles. The van der Waals surface area contributed by atoms with Crippen LogP contribution >= 0.6 is 0 Å². The summed E-state index contributed by atoms with van der Waals surface area (Å²) in [5, 5.41) is 6.20. The SMILES string of the molecule is CC(=O)Nc1cccc(C(C)N(Cc2ccccc2)C(=O)Cn2ccc(C(F)(F)F)n2)c1. The molecular weight excluding hydrogens is 421 g/mol. The van der Waals surface area contributed by atoms with Gasteiger partial charge in [-0.25, -0.2) is 0 Å². The molecule has 3 rings (SSSR count). The number of carbonyl (C=O) groups is 2. The Morgan fingerprint density at radius 3 is 2.44 bits per heavy atom. The standard InChI is InChI=1S/C23H23F3N4O2/c1-16(19-9-6-10-20(13-19)27-17(2)31)30(14-18-7-4-3-5-8-18)22(32)15-29-12-11-21(28-29)23(24,25)26/h3-13,16H,14-15H2,1-2H3,(H,27,31). The summed E-state index contributed by atoms with van der Waals surface area (Å²) in [4.78, 5) is 26.1. The first-order valence-electron chi connectivity index (χ1n) is 9.95. The number of hydrogen-bond donors (Lipinski definition) is 1. The Balaban J connectivity index is 1.87. The van der Waals surface area contributed by atoms with Gasteiger partial charge in [-0.05, 0) is 36.2 Å². The molecule has 1 N–H and O–H groups in total. The van der Waals surface area contributed by atoms with Crippen LogP contribution in [0.5, 0.6) is 0 Å². The Hall–Kier alpha value is -3.62. The van der Waals surface area contributed by atoms with Crippen molar-refractivity contribution in [3.63, 3.8) is 0 Å². The lowest BCUT2D eigenvalue weighted by atomic mass is 10.0. The fraction of sp³-hybridized carbons (Fsp3) is 0.261. The third-order valence-corrected chi connectivity index (χ3v) is 4.90. The van der Waals surface area contributed by atoms with E-state index in [1.54, 1.807) is 23.1 Å². The Bertz CT molecular complexity index is 1080. The van der Waals surface area contributed by atoms with Crippen molar-refractivity contribution in [3.05, 3.63) is 83.7 Å². The highest BCUT2D eigenvalue weighted by Crippen LogP contribution is 2.28. The summed E-state index contributed by atoms with van der Waals surface area (Å²) >= 11 is 0. The molecule has 0 fully saturated rings. The van der Waals surface area contributed by atoms with Gasteiger partial charge in [0.2, 0.25) is 11.8 Å². The van der Waals surface area contributed by atoms with E-state index in [-0.39, 0.29) is 24.9 Å². The van der Waals surface area contributed by atoms with Crippen LogP contribution in [0.1, 0.15) is 36.7 Å². The van der Waals surface area contributed by atoms with Crippen molar-refractivity contribution in [2.24, 2.45) is 0 Å². The van der Waals surface area contributed by atoms with E-state index in [4.69, 9.17) is 0 Å². The maximum Gasteiger partial charge on any atom is 0.435 e. The number of halogens is 3. The predicted molar refractivity (Wildman–Crippen MR) is 113 cm³/mol. The van der Waals surface area contributed by atoms with Gasteiger partial charge in [-0.15, -0.1) is 0 Å². The zero-order valence-electron chi connectivity index (χ0n) is 17.6. The fourth-order valence-corrected chi connectivity index (χ4v) is 3.31. The highest BCUT2D eigenvalue weighted by atomic mass is 19.4. The first-order chi connectivity index (χ1) is 15.1. The molecule has 0 aliphatic heterocycles. The minimum absolute atomic E-state index is 0.217. The molecule has 1 atom stereocenters. The third-order valence-electron chi connectivity index (χ3n) is 4.90. The van der Waals surface area contributed by atoms with Crippen molar-refractivity contribution in [2.75, 3.05) is 5.32 Å². The Morgan fingerprint density at radius 1 is 1.09 bits per heavy atom. The molecule has 2 amide bonds. The number of benzene rings is 2. The lowest BCUT2D eigenvalue weighted by molar-refractivity contribution is -0.142. The van der Waals surface area contributed by atoms with Crippen molar-refractivity contribution >= 4 is 17.5 Å². The van der Waals surface area contributed by atoms with Gasteiger partial charge in [0.05, 0.1) is 6.04 Å². The van der Waals surface area contributed by atoms with Gasteiger partial charge in [0, 0.05) is 25.4 Å². The maximum absolute atomic E-state index is 13.2. The normalized spacial score (nSPS) is 12.3. The number of amides is 2. The first kappa shape index (κ1) is 23.1. The van der Waals surface area contributed by atoms with Gasteiger partial charge in [-0.1, -0.05) is 42.5 Å². The molecule has 1 aromatic heterocycles. The third kappa shape index (κ3) is 5.96. The highest BCUT2D eigenvalue weighted by Gasteiger charge is 2.34. The number of anilines is 1. The maximum atomic E-state index is 13.2. The smallest absolute Gasteiger partial charge is 0.330 e. The quantitative estimate of drug-likeness (QED) is 0.577. The van der Waals surface area contributed by atoms with Crippen molar-refractivity contribution < 1.29 is 22.8 Å². The minimum Gasteiger partial charge on any atom is -0.330 e. The van der Waals surface area contributed by atoms with Crippen LogP contribution in [0.3, 0.4) is 0 Å². The van der Waals surface area contributed by atoms with Gasteiger partial charge < -0.3 is 10.2 Å². The van der Waals surface area contributed by atoms with Crippen LogP contribution in [0.2, 0.25) is 0 Å². The lowest BCUT2D eigenvalue weighted by Crippen LogP contribution is -2.36. The zero-order valence-corrected chi connectivity index (χ0v) is 17.6. The summed E-state index contributed by atoms with van der Waals surface area (Å²) in [7, 11) is 0. The largest absolute Gasteiger partial charge is 0.435 e. The van der Waals surface area contributed by atoms with Crippen LogP contribution in [-0.4, -0.2) is 26.5 Å².